The summed E-state index contributed by atoms with van der Waals surface area (Å²) in [5.41, 5.74) is 1.10. The van der Waals surface area contributed by atoms with Crippen LogP contribution in [0.3, 0.4) is 0 Å². The molecule has 68 heavy (non-hydrogen) atoms. The number of ether oxygens (including phenoxy) is 4. The largest absolute Gasteiger partial charge is 0.460 e. The number of fused-ring (bicyclic) bond motifs is 3. The molecule has 15 atom stereocenters. The third kappa shape index (κ3) is 15.7. The maximum atomic E-state index is 14.4. The first-order valence-corrected chi connectivity index (χ1v) is 27.3. The second-order valence-corrected chi connectivity index (χ2v) is 23.4. The van der Waals surface area contributed by atoms with Crippen LogP contribution in [0.1, 0.15) is 126 Å². The molecule has 15 nitrogen and oxygen atoms in total. The average Bonchev–Trinajstić information content (AvgIpc) is 3.29. The van der Waals surface area contributed by atoms with Gasteiger partial charge in [0.2, 0.25) is 5.79 Å². The minimum absolute atomic E-state index is 0.0442. The molecule has 16 heteroatoms. The van der Waals surface area contributed by atoms with Gasteiger partial charge in [-0.3, -0.25) is 23.7 Å². The van der Waals surface area contributed by atoms with Gasteiger partial charge >= 0.3 is 5.97 Å². The fourth-order valence-electron chi connectivity index (χ4n) is 10.3. The fraction of sp³-hybridized carbons (Fsp3) is 0.750. The Hall–Kier alpha value is -3.14. The fourth-order valence-corrected chi connectivity index (χ4v) is 11.2. The highest BCUT2D eigenvalue weighted by Gasteiger charge is 2.53. The first-order valence-electron chi connectivity index (χ1n) is 24.8. The van der Waals surface area contributed by atoms with Crippen LogP contribution >= 0.6 is 7.37 Å². The average molecular weight is 976 g/mol. The van der Waals surface area contributed by atoms with E-state index >= 15 is 0 Å². The summed E-state index contributed by atoms with van der Waals surface area (Å²) < 4.78 is 42.5. The third-order valence-corrected chi connectivity index (χ3v) is 15.4. The number of hydrogen-bond acceptors (Lipinski definition) is 14. The summed E-state index contributed by atoms with van der Waals surface area (Å²) in [6, 6.07) is -1.17. The summed E-state index contributed by atoms with van der Waals surface area (Å²) in [6.45, 7) is 15.5. The predicted octanol–water partition coefficient (Wildman–Crippen LogP) is 7.09. The molecule has 0 aromatic rings. The van der Waals surface area contributed by atoms with Crippen LogP contribution in [0.15, 0.2) is 47.6 Å². The first-order chi connectivity index (χ1) is 31.9. The molecule has 3 fully saturated rings. The van der Waals surface area contributed by atoms with E-state index in [1.165, 1.54) is 11.0 Å². The van der Waals surface area contributed by atoms with E-state index in [1.54, 1.807) is 55.2 Å². The van der Waals surface area contributed by atoms with Crippen LogP contribution in [0.2, 0.25) is 0 Å². The van der Waals surface area contributed by atoms with Gasteiger partial charge in [0.1, 0.15) is 30.1 Å². The molecule has 1 amide bonds. The van der Waals surface area contributed by atoms with Gasteiger partial charge in [0.25, 0.3) is 11.7 Å². The number of allylic oxidation sites excluding steroid dienone is 6. The maximum Gasteiger partial charge on any atom is 0.329 e. The molecule has 0 aromatic carbocycles. The van der Waals surface area contributed by atoms with E-state index in [2.05, 4.69) is 0 Å². The van der Waals surface area contributed by atoms with Crippen LogP contribution in [0.25, 0.3) is 0 Å². The zero-order chi connectivity index (χ0) is 50.7. The minimum atomic E-state index is -2.79. The van der Waals surface area contributed by atoms with Crippen LogP contribution in [0.5, 0.6) is 0 Å². The minimum Gasteiger partial charge on any atom is -0.460 e. The molecule has 4 rings (SSSR count). The summed E-state index contributed by atoms with van der Waals surface area (Å²) in [6.07, 6.45) is 10.0. The summed E-state index contributed by atoms with van der Waals surface area (Å²) in [7, 11) is 0.356. The van der Waals surface area contributed by atoms with Crippen molar-refractivity contribution in [3.8, 4) is 0 Å². The van der Waals surface area contributed by atoms with Gasteiger partial charge in [0.05, 0.1) is 24.4 Å². The second-order valence-electron chi connectivity index (χ2n) is 20.7. The normalized spacial score (nSPS) is 39.4. The number of aliphatic hydroxyl groups is 3. The SMILES string of the molecule is COC1C[C@@H]2CC[C@@H](C)[C@@](O)(O2)C(=O)C(=O)N2CCCC[C@H]2C(=O)O[C@H]([C@H](C)C[C@@H]2CC[C@@H](OP(C)(C)=O)[C@H](OC)C2)CC(=O)[C@H](C)/C=C(\C)[C@@H](O)C(O)C(=O)[C@H](C)C[C@H](C)/C=C/C=C/C=C/1C. The van der Waals surface area contributed by atoms with Gasteiger partial charge < -0.3 is 43.7 Å². The first kappa shape index (κ1) is 57.4. The number of esters is 1. The van der Waals surface area contributed by atoms with E-state index in [4.69, 9.17) is 23.5 Å². The molecule has 3 heterocycles. The molecule has 2 bridgehead atoms. The zero-order valence-corrected chi connectivity index (χ0v) is 43.4. The summed E-state index contributed by atoms with van der Waals surface area (Å²) in [5.74, 6) is -8.74. The Bertz CT molecular complexity index is 1920. The van der Waals surface area contributed by atoms with Crippen LogP contribution in [-0.4, -0.2) is 138 Å². The number of methoxy groups -OCH3 is 2. The Morgan fingerprint density at radius 3 is 2.22 bits per heavy atom. The van der Waals surface area contributed by atoms with Crippen molar-refractivity contribution < 1.29 is 67.3 Å². The lowest BCUT2D eigenvalue weighted by molar-refractivity contribution is -0.265. The Balaban J connectivity index is 1.69. The van der Waals surface area contributed by atoms with Crippen molar-refractivity contribution in [2.45, 2.75) is 180 Å². The number of carbonyl (C=O) groups excluding carboxylic acids is 5. The molecule has 2 unspecified atom stereocenters. The van der Waals surface area contributed by atoms with Gasteiger partial charge in [0, 0.05) is 64.7 Å². The highest BCUT2D eigenvalue weighted by Crippen LogP contribution is 2.44. The molecule has 0 aromatic heterocycles. The molecule has 1 aliphatic carbocycles. The smallest absolute Gasteiger partial charge is 0.329 e. The van der Waals surface area contributed by atoms with Crippen LogP contribution in [0, 0.1) is 35.5 Å². The van der Waals surface area contributed by atoms with E-state index in [1.807, 2.05) is 51.2 Å². The standard InChI is InChI=1S/C52H82NO14P/c1-31-17-13-12-14-18-32(2)43(63-8)29-39-22-20-37(7)52(61,66-39)49(58)50(59)53-24-16-15-19-40(53)51(60)65-44(34(4)27-38-21-23-42(45(28-38)64-9)67-68(10,11)62)30-41(54)33(3)26-36(6)47(56)48(57)46(55)35(5)25-31/h12-14,17-18,26,31,33-35,37-40,42-45,47-48,56-57,61H,15-16,19-25,27-30H2,1-11H3/b14-12+,17-13+,32-18+,36-26+/t31-,33-,34-,35-,37-,38+,39+,40+,42-,43?,44+,45-,47-,48?,52-/m1/s1. The molecule has 4 aliphatic rings. The summed E-state index contributed by atoms with van der Waals surface area (Å²) in [4.78, 5) is 71.6. The van der Waals surface area contributed by atoms with Crippen molar-refractivity contribution in [1.29, 1.82) is 0 Å². The molecular formula is C52H82NO14P. The number of hydrogen-bond donors (Lipinski definition) is 3. The molecule has 0 spiro atoms. The van der Waals surface area contributed by atoms with Crippen LogP contribution in [0.4, 0.5) is 0 Å². The maximum absolute atomic E-state index is 14.4. The topological polar surface area (TPSA) is 212 Å². The summed E-state index contributed by atoms with van der Waals surface area (Å²) >= 11 is 0. The Labute approximate surface area is 404 Å². The van der Waals surface area contributed by atoms with E-state index in [0.717, 1.165) is 5.57 Å². The molecule has 1 saturated carbocycles. The molecule has 3 N–H and O–H groups in total. The number of rotatable bonds is 7. The molecule has 0 radical (unpaired) electrons. The van der Waals surface area contributed by atoms with E-state index in [-0.39, 0.29) is 60.7 Å². The van der Waals surface area contributed by atoms with Gasteiger partial charge in [-0.15, -0.1) is 0 Å². The lowest BCUT2D eigenvalue weighted by Gasteiger charge is -2.42. The molecular weight excluding hydrogens is 894 g/mol. The van der Waals surface area contributed by atoms with Crippen molar-refractivity contribution >= 4 is 36.6 Å². The lowest BCUT2D eigenvalue weighted by Crippen LogP contribution is -2.61. The van der Waals surface area contributed by atoms with Gasteiger partial charge in [-0.1, -0.05) is 71.1 Å². The number of piperidine rings is 1. The number of nitrogens with zero attached hydrogens (tertiary/aromatic N) is 1. The Morgan fingerprint density at radius 1 is 0.853 bits per heavy atom. The Kier molecular flexibility index (Phi) is 21.8. The van der Waals surface area contributed by atoms with Gasteiger partial charge in [0.15, 0.2) is 13.2 Å². The Morgan fingerprint density at radius 2 is 1.56 bits per heavy atom. The second kappa shape index (κ2) is 25.8. The monoisotopic (exact) mass is 976 g/mol. The van der Waals surface area contributed by atoms with Crippen LogP contribution in [-0.2, 0) is 52.0 Å². The van der Waals surface area contributed by atoms with E-state index in [0.29, 0.717) is 64.2 Å². The molecule has 3 aliphatic heterocycles. The number of amides is 1. The van der Waals surface area contributed by atoms with Crippen molar-refractivity contribution in [2.24, 2.45) is 35.5 Å². The number of ketones is 3. The van der Waals surface area contributed by atoms with Gasteiger partial charge in [-0.05, 0) is 107 Å². The molecule has 2 saturated heterocycles. The number of carbonyl (C=O) groups is 5. The highest BCUT2D eigenvalue weighted by atomic mass is 31.2. The van der Waals surface area contributed by atoms with E-state index in [9.17, 15) is 43.9 Å². The lowest BCUT2D eigenvalue weighted by atomic mass is 9.78. The zero-order valence-electron chi connectivity index (χ0n) is 42.5. The van der Waals surface area contributed by atoms with Crippen molar-refractivity contribution in [3.05, 3.63) is 47.6 Å². The van der Waals surface area contributed by atoms with Gasteiger partial charge in [-0.2, -0.15) is 0 Å². The quantitative estimate of drug-likeness (QED) is 0.101. The van der Waals surface area contributed by atoms with Gasteiger partial charge in [-0.25, -0.2) is 4.79 Å². The third-order valence-electron chi connectivity index (χ3n) is 14.6. The molecule has 384 valence electrons. The number of cyclic esters (lactones) is 1. The van der Waals surface area contributed by atoms with Crippen molar-refractivity contribution in [1.82, 2.24) is 4.90 Å². The highest BCUT2D eigenvalue weighted by molar-refractivity contribution is 7.57. The van der Waals surface area contributed by atoms with Crippen LogP contribution < -0.4 is 0 Å². The number of aliphatic hydroxyl groups excluding tert-OH is 2. The van der Waals surface area contributed by atoms with E-state index < -0.39 is 90.9 Å². The van der Waals surface area contributed by atoms with Crippen molar-refractivity contribution in [3.63, 3.8) is 0 Å². The number of Topliss-reactive ketones (excluding diaryl/α,β-unsaturated/α-hetero) is 3. The summed E-state index contributed by atoms with van der Waals surface area (Å²) in [5, 5.41) is 34.2. The predicted molar refractivity (Wildman–Crippen MR) is 259 cm³/mol. The van der Waals surface area contributed by atoms with Crippen molar-refractivity contribution in [2.75, 3.05) is 34.1 Å².